The molecule has 0 aliphatic carbocycles. The van der Waals surface area contributed by atoms with Crippen LogP contribution in [0, 0.1) is 5.82 Å². The number of hydrogen-bond donors (Lipinski definition) is 0. The van der Waals surface area contributed by atoms with E-state index in [-0.39, 0.29) is 5.82 Å². The first-order chi connectivity index (χ1) is 8.27. The van der Waals surface area contributed by atoms with Crippen molar-refractivity contribution in [1.82, 2.24) is 0 Å². The number of halogens is 1. The van der Waals surface area contributed by atoms with E-state index in [1.165, 1.54) is 12.1 Å². The van der Waals surface area contributed by atoms with Gasteiger partial charge in [0.2, 0.25) is 0 Å². The summed E-state index contributed by atoms with van der Waals surface area (Å²) in [5.41, 5.74) is -0.0413. The molecule has 1 aromatic rings. The first-order valence-electron chi connectivity index (χ1n) is 5.96. The van der Waals surface area contributed by atoms with Gasteiger partial charge in [-0.05, 0) is 57.6 Å². The molecular weight excluding hydrogens is 250 g/mol. The summed E-state index contributed by atoms with van der Waals surface area (Å²) in [6.45, 7) is 7.96. The molecule has 0 radical (unpaired) electrons. The van der Waals surface area contributed by atoms with Gasteiger partial charge in [-0.3, -0.25) is 0 Å². The number of rotatable bonds is 2. The Morgan fingerprint density at radius 1 is 1.11 bits per heavy atom. The Labute approximate surface area is 112 Å². The van der Waals surface area contributed by atoms with E-state index in [1.807, 2.05) is 34.0 Å². The largest absolute Gasteiger partial charge is 0.496 e. The van der Waals surface area contributed by atoms with E-state index in [0.29, 0.717) is 0 Å². The predicted octanol–water partition coefficient (Wildman–Crippen LogP) is 2.85. The lowest BCUT2D eigenvalue weighted by Crippen LogP contribution is -2.41. The summed E-state index contributed by atoms with van der Waals surface area (Å²) < 4.78 is 25.3. The Bertz CT molecular complexity index is 446. The molecule has 2 nitrogen and oxygen atoms in total. The Balaban J connectivity index is 2.37. The summed E-state index contributed by atoms with van der Waals surface area (Å²) in [6.07, 6.45) is 1.96. The van der Waals surface area contributed by atoms with Crippen LogP contribution in [0.4, 0.5) is 4.39 Å². The molecule has 1 aliphatic heterocycles. The smallest absolute Gasteiger partial charge is 0.399 e. The minimum Gasteiger partial charge on any atom is -0.399 e. The average molecular weight is 268 g/mol. The molecule has 0 aromatic heterocycles. The van der Waals surface area contributed by atoms with Gasteiger partial charge in [0.05, 0.1) is 11.2 Å². The Morgan fingerprint density at radius 3 is 2.17 bits per heavy atom. The van der Waals surface area contributed by atoms with Crippen LogP contribution in [0.15, 0.2) is 23.1 Å². The zero-order valence-electron chi connectivity index (χ0n) is 11.4. The fraction of sp³-hybridized carbons (Fsp3) is 0.538. The second-order valence-electron chi connectivity index (χ2n) is 5.47. The van der Waals surface area contributed by atoms with E-state index >= 15 is 0 Å². The van der Waals surface area contributed by atoms with E-state index < -0.39 is 18.3 Å². The van der Waals surface area contributed by atoms with E-state index in [4.69, 9.17) is 9.31 Å². The summed E-state index contributed by atoms with van der Waals surface area (Å²) in [4.78, 5) is 0.981. The van der Waals surface area contributed by atoms with Gasteiger partial charge in [0.15, 0.2) is 0 Å². The third-order valence-electron chi connectivity index (χ3n) is 3.70. The second kappa shape index (κ2) is 4.55. The van der Waals surface area contributed by atoms with E-state index in [2.05, 4.69) is 0 Å². The van der Waals surface area contributed by atoms with Gasteiger partial charge in [-0.25, -0.2) is 4.39 Å². The summed E-state index contributed by atoms with van der Waals surface area (Å²) in [5.74, 6) is -0.266. The zero-order chi connectivity index (χ0) is 13.6. The molecule has 0 unspecified atom stereocenters. The van der Waals surface area contributed by atoms with Crippen molar-refractivity contribution in [2.24, 2.45) is 0 Å². The second-order valence-corrected chi connectivity index (χ2v) is 6.32. The molecule has 1 aliphatic rings. The molecule has 98 valence electrons. The molecule has 1 heterocycles. The van der Waals surface area contributed by atoms with Crippen LogP contribution >= 0.6 is 11.8 Å². The lowest BCUT2D eigenvalue weighted by molar-refractivity contribution is 0.00578. The minimum absolute atomic E-state index is 0.266. The summed E-state index contributed by atoms with van der Waals surface area (Å²) >= 11 is 1.56. The lowest BCUT2D eigenvalue weighted by atomic mass is 9.79. The third kappa shape index (κ3) is 2.31. The Hall–Kier alpha value is -0.515. The van der Waals surface area contributed by atoms with Crippen molar-refractivity contribution in [3.05, 3.63) is 24.0 Å². The predicted molar refractivity (Wildman–Crippen MR) is 73.9 cm³/mol. The highest BCUT2D eigenvalue weighted by Gasteiger charge is 2.52. The highest BCUT2D eigenvalue weighted by Crippen LogP contribution is 2.37. The normalized spacial score (nSPS) is 21.3. The highest BCUT2D eigenvalue weighted by molar-refractivity contribution is 7.98. The molecule has 2 rings (SSSR count). The maximum absolute atomic E-state index is 13.4. The van der Waals surface area contributed by atoms with Gasteiger partial charge in [0, 0.05) is 4.90 Å². The highest BCUT2D eigenvalue weighted by atomic mass is 32.2. The molecule has 0 amide bonds. The van der Waals surface area contributed by atoms with Gasteiger partial charge in [-0.1, -0.05) is 0 Å². The van der Waals surface area contributed by atoms with Crippen molar-refractivity contribution in [2.45, 2.75) is 43.8 Å². The van der Waals surface area contributed by atoms with E-state index in [0.717, 1.165) is 10.4 Å². The van der Waals surface area contributed by atoms with Gasteiger partial charge >= 0.3 is 7.12 Å². The quantitative estimate of drug-likeness (QED) is 0.607. The first-order valence-corrected chi connectivity index (χ1v) is 7.18. The van der Waals surface area contributed by atoms with E-state index in [9.17, 15) is 4.39 Å². The van der Waals surface area contributed by atoms with Crippen LogP contribution in [-0.4, -0.2) is 24.6 Å². The molecule has 0 bridgehead atoms. The monoisotopic (exact) mass is 268 g/mol. The standard InChI is InChI=1S/C13H18BFO2S/c1-12(2)13(3,4)17-14(16-12)10-8-9(15)6-7-11(10)18-5/h6-8H,1-5H3. The van der Waals surface area contributed by atoms with E-state index in [1.54, 1.807) is 17.8 Å². The maximum atomic E-state index is 13.4. The van der Waals surface area contributed by atoms with Gasteiger partial charge < -0.3 is 9.31 Å². The lowest BCUT2D eigenvalue weighted by Gasteiger charge is -2.32. The molecule has 1 aromatic carbocycles. The fourth-order valence-corrected chi connectivity index (χ4v) is 2.45. The minimum atomic E-state index is -0.506. The Morgan fingerprint density at radius 2 is 1.67 bits per heavy atom. The van der Waals surface area contributed by atoms with Gasteiger partial charge in [0.1, 0.15) is 5.82 Å². The molecule has 0 spiro atoms. The summed E-state index contributed by atoms with van der Waals surface area (Å²) in [6, 6.07) is 4.72. The summed E-state index contributed by atoms with van der Waals surface area (Å²) in [5, 5.41) is 0. The van der Waals surface area contributed by atoms with Crippen molar-refractivity contribution in [1.29, 1.82) is 0 Å². The number of benzene rings is 1. The van der Waals surface area contributed by atoms with Crippen molar-refractivity contribution >= 4 is 24.3 Å². The summed E-state index contributed by atoms with van der Waals surface area (Å²) in [7, 11) is -0.506. The SMILES string of the molecule is CSc1ccc(F)cc1B1OC(C)(C)C(C)(C)O1. The topological polar surface area (TPSA) is 18.5 Å². The van der Waals surface area contributed by atoms with Crippen molar-refractivity contribution < 1.29 is 13.7 Å². The average Bonchev–Trinajstić information content (AvgIpc) is 2.48. The zero-order valence-corrected chi connectivity index (χ0v) is 12.2. The van der Waals surface area contributed by atoms with Crippen LogP contribution in [0.2, 0.25) is 0 Å². The molecule has 18 heavy (non-hydrogen) atoms. The molecule has 0 saturated carbocycles. The number of hydrogen-bond acceptors (Lipinski definition) is 3. The molecule has 0 atom stereocenters. The molecule has 1 fully saturated rings. The van der Waals surface area contributed by atoms with Crippen LogP contribution in [0.1, 0.15) is 27.7 Å². The molecular formula is C13H18BFO2S. The maximum Gasteiger partial charge on any atom is 0.496 e. The molecule has 5 heteroatoms. The molecule has 1 saturated heterocycles. The first kappa shape index (κ1) is 13.9. The van der Waals surface area contributed by atoms with Crippen molar-refractivity contribution in [3.63, 3.8) is 0 Å². The van der Waals surface area contributed by atoms with Crippen molar-refractivity contribution in [3.8, 4) is 0 Å². The fourth-order valence-electron chi connectivity index (χ4n) is 1.86. The van der Waals surface area contributed by atoms with Crippen LogP contribution < -0.4 is 5.46 Å². The van der Waals surface area contributed by atoms with Crippen molar-refractivity contribution in [2.75, 3.05) is 6.26 Å². The van der Waals surface area contributed by atoms with Crippen LogP contribution in [-0.2, 0) is 9.31 Å². The Kier molecular flexibility index (Phi) is 3.51. The van der Waals surface area contributed by atoms with Crippen LogP contribution in [0.3, 0.4) is 0 Å². The van der Waals surface area contributed by atoms with Crippen LogP contribution in [0.5, 0.6) is 0 Å². The third-order valence-corrected chi connectivity index (χ3v) is 4.51. The van der Waals surface area contributed by atoms with Crippen LogP contribution in [0.25, 0.3) is 0 Å². The molecule has 0 N–H and O–H groups in total. The van der Waals surface area contributed by atoms with Gasteiger partial charge in [-0.15, -0.1) is 11.8 Å². The van der Waals surface area contributed by atoms with Gasteiger partial charge in [-0.2, -0.15) is 0 Å². The van der Waals surface area contributed by atoms with Gasteiger partial charge in [0.25, 0.3) is 0 Å². The number of thioether (sulfide) groups is 1.